The second-order valence-electron chi connectivity index (χ2n) is 9.51. The molecule has 0 fully saturated rings. The third-order valence-electron chi connectivity index (χ3n) is 6.42. The molecule has 2 aromatic carbocycles. The van der Waals surface area contributed by atoms with Crippen LogP contribution in [0.5, 0.6) is 0 Å². The highest BCUT2D eigenvalue weighted by Gasteiger charge is 2.33. The lowest BCUT2D eigenvalue weighted by molar-refractivity contribution is 0.00400. The van der Waals surface area contributed by atoms with E-state index in [2.05, 4.69) is 76.2 Å². The maximum atomic E-state index is 11.7. The van der Waals surface area contributed by atoms with Crippen molar-refractivity contribution in [3.63, 3.8) is 0 Å². The van der Waals surface area contributed by atoms with Crippen LogP contribution in [0.25, 0.3) is 5.57 Å². The zero-order valence-corrected chi connectivity index (χ0v) is 20.7. The predicted octanol–water partition coefficient (Wildman–Crippen LogP) is 7.93. The minimum Gasteiger partial charge on any atom is -0.390 e. The van der Waals surface area contributed by atoms with Crippen LogP contribution < -0.4 is 0 Å². The van der Waals surface area contributed by atoms with Gasteiger partial charge in [0, 0.05) is 0 Å². The zero-order chi connectivity index (χ0) is 23.5. The van der Waals surface area contributed by atoms with Gasteiger partial charge in [-0.1, -0.05) is 120 Å². The lowest BCUT2D eigenvalue weighted by atomic mass is 9.76. The van der Waals surface area contributed by atoms with Crippen molar-refractivity contribution in [1.82, 2.24) is 0 Å². The summed E-state index contributed by atoms with van der Waals surface area (Å²) < 4.78 is 0. The Labute approximate surface area is 196 Å². The summed E-state index contributed by atoms with van der Waals surface area (Å²) in [6, 6.07) is 21.0. The van der Waals surface area contributed by atoms with Crippen LogP contribution in [0.4, 0.5) is 0 Å². The Morgan fingerprint density at radius 3 is 1.16 bits per heavy atom. The molecule has 0 unspecified atom stereocenters. The largest absolute Gasteiger partial charge is 0.390 e. The predicted molar refractivity (Wildman–Crippen MR) is 138 cm³/mol. The molecular weight excluding hydrogens is 392 g/mol. The monoisotopic (exact) mass is 436 g/mol. The van der Waals surface area contributed by atoms with Gasteiger partial charge in [0.2, 0.25) is 0 Å². The number of hydrogen-bond donors (Lipinski definition) is 2. The standard InChI is InChI=1S/C30H44O2/c1-5-19-29(31,20-6-2)23-27(24-30(32,21-7-3)22-8-4)28(25-15-11-9-12-16-25)26-17-13-10-14-18-26/h9-18,31-32H,5-8,19-24H2,1-4H3. The van der Waals surface area contributed by atoms with Crippen molar-refractivity contribution in [3.8, 4) is 0 Å². The average Bonchev–Trinajstić information content (AvgIpc) is 2.76. The summed E-state index contributed by atoms with van der Waals surface area (Å²) in [4.78, 5) is 0. The lowest BCUT2D eigenvalue weighted by Gasteiger charge is -2.35. The van der Waals surface area contributed by atoms with Crippen LogP contribution in [0, 0.1) is 0 Å². The SMILES string of the molecule is CCCC(O)(CCC)CC(CC(O)(CCC)CCC)=C(c1ccccc1)c1ccccc1. The molecule has 2 nitrogen and oxygen atoms in total. The van der Waals surface area contributed by atoms with Gasteiger partial charge in [0.15, 0.2) is 0 Å². The van der Waals surface area contributed by atoms with Gasteiger partial charge < -0.3 is 10.2 Å². The molecule has 176 valence electrons. The average molecular weight is 437 g/mol. The second kappa shape index (κ2) is 13.0. The van der Waals surface area contributed by atoms with Crippen molar-refractivity contribution in [2.45, 2.75) is 103 Å². The van der Waals surface area contributed by atoms with Crippen LogP contribution in [0.3, 0.4) is 0 Å². The number of aliphatic hydroxyl groups is 2. The third kappa shape index (κ3) is 7.60. The number of rotatable bonds is 14. The molecular formula is C30H44O2. The fraction of sp³-hybridized carbons (Fsp3) is 0.533. The van der Waals surface area contributed by atoms with Gasteiger partial charge in [0.05, 0.1) is 11.2 Å². The van der Waals surface area contributed by atoms with Gasteiger partial charge >= 0.3 is 0 Å². The van der Waals surface area contributed by atoms with Gasteiger partial charge in [0.25, 0.3) is 0 Å². The fourth-order valence-electron chi connectivity index (χ4n) is 5.28. The molecule has 2 heteroatoms. The summed E-state index contributed by atoms with van der Waals surface area (Å²) in [7, 11) is 0. The minimum absolute atomic E-state index is 0.601. The third-order valence-corrected chi connectivity index (χ3v) is 6.42. The van der Waals surface area contributed by atoms with E-state index in [-0.39, 0.29) is 0 Å². The fourth-order valence-corrected chi connectivity index (χ4v) is 5.28. The normalized spacial score (nSPS) is 12.1. The number of hydrogen-bond acceptors (Lipinski definition) is 2. The minimum atomic E-state index is -0.743. The Balaban J connectivity index is 2.72. The van der Waals surface area contributed by atoms with Crippen molar-refractivity contribution in [2.24, 2.45) is 0 Å². The summed E-state index contributed by atoms with van der Waals surface area (Å²) in [6.07, 6.45) is 8.11. The molecule has 0 aliphatic carbocycles. The first-order valence-electron chi connectivity index (χ1n) is 12.7. The van der Waals surface area contributed by atoms with Crippen LogP contribution in [0.1, 0.15) is 103 Å². The molecule has 2 aromatic rings. The molecule has 0 spiro atoms. The van der Waals surface area contributed by atoms with E-state index in [1.165, 1.54) is 11.1 Å². The highest BCUT2D eigenvalue weighted by atomic mass is 16.3. The summed E-state index contributed by atoms with van der Waals surface area (Å²) in [5.74, 6) is 0. The molecule has 0 heterocycles. The van der Waals surface area contributed by atoms with Crippen LogP contribution in [0.2, 0.25) is 0 Å². The molecule has 0 bridgehead atoms. The molecule has 32 heavy (non-hydrogen) atoms. The Kier molecular flexibility index (Phi) is 10.7. The van der Waals surface area contributed by atoms with Gasteiger partial charge in [-0.15, -0.1) is 0 Å². The van der Waals surface area contributed by atoms with E-state index in [0.717, 1.165) is 62.5 Å². The van der Waals surface area contributed by atoms with Crippen molar-refractivity contribution in [2.75, 3.05) is 0 Å². The van der Waals surface area contributed by atoms with Crippen LogP contribution >= 0.6 is 0 Å². The van der Waals surface area contributed by atoms with Gasteiger partial charge in [-0.2, -0.15) is 0 Å². The first-order valence-corrected chi connectivity index (χ1v) is 12.7. The molecule has 2 rings (SSSR count). The first-order chi connectivity index (χ1) is 15.4. The summed E-state index contributed by atoms with van der Waals surface area (Å²) in [6.45, 7) is 8.57. The van der Waals surface area contributed by atoms with Crippen molar-refractivity contribution in [1.29, 1.82) is 0 Å². The maximum Gasteiger partial charge on any atom is 0.0684 e. The van der Waals surface area contributed by atoms with Crippen molar-refractivity contribution >= 4 is 5.57 Å². The Morgan fingerprint density at radius 2 is 0.875 bits per heavy atom. The molecule has 0 amide bonds. The highest BCUT2D eigenvalue weighted by molar-refractivity contribution is 5.82. The van der Waals surface area contributed by atoms with Gasteiger partial charge in [0.1, 0.15) is 0 Å². The van der Waals surface area contributed by atoms with Crippen LogP contribution in [-0.4, -0.2) is 21.4 Å². The molecule has 0 saturated heterocycles. The smallest absolute Gasteiger partial charge is 0.0684 e. The lowest BCUT2D eigenvalue weighted by Crippen LogP contribution is -2.33. The molecule has 0 aromatic heterocycles. The molecule has 0 atom stereocenters. The second-order valence-corrected chi connectivity index (χ2v) is 9.51. The zero-order valence-electron chi connectivity index (χ0n) is 20.7. The topological polar surface area (TPSA) is 40.5 Å². The Hall–Kier alpha value is -1.90. The highest BCUT2D eigenvalue weighted by Crippen LogP contribution is 2.40. The van der Waals surface area contributed by atoms with E-state index in [4.69, 9.17) is 0 Å². The first kappa shape index (κ1) is 26.4. The van der Waals surface area contributed by atoms with Crippen molar-refractivity contribution < 1.29 is 10.2 Å². The van der Waals surface area contributed by atoms with Gasteiger partial charge in [-0.05, 0) is 55.2 Å². The molecule has 0 saturated carbocycles. The molecule has 0 aliphatic rings. The molecule has 2 N–H and O–H groups in total. The Bertz CT molecular complexity index is 728. The quantitative estimate of drug-likeness (QED) is 0.315. The summed E-state index contributed by atoms with van der Waals surface area (Å²) in [5, 5.41) is 23.3. The molecule has 0 aliphatic heterocycles. The van der Waals surface area contributed by atoms with Crippen LogP contribution in [0.15, 0.2) is 66.2 Å². The van der Waals surface area contributed by atoms with E-state index in [0.29, 0.717) is 12.8 Å². The van der Waals surface area contributed by atoms with E-state index in [1.807, 2.05) is 12.1 Å². The van der Waals surface area contributed by atoms with Crippen LogP contribution in [-0.2, 0) is 0 Å². The van der Waals surface area contributed by atoms with Gasteiger partial charge in [-0.3, -0.25) is 0 Å². The summed E-state index contributed by atoms with van der Waals surface area (Å²) >= 11 is 0. The van der Waals surface area contributed by atoms with Gasteiger partial charge in [-0.25, -0.2) is 0 Å². The summed E-state index contributed by atoms with van der Waals surface area (Å²) in [5.41, 5.74) is 3.16. The van der Waals surface area contributed by atoms with E-state index < -0.39 is 11.2 Å². The van der Waals surface area contributed by atoms with Crippen molar-refractivity contribution in [3.05, 3.63) is 77.4 Å². The Morgan fingerprint density at radius 1 is 0.562 bits per heavy atom. The maximum absolute atomic E-state index is 11.7. The number of benzene rings is 2. The molecule has 0 radical (unpaired) electrons. The van der Waals surface area contributed by atoms with E-state index in [9.17, 15) is 10.2 Å². The van der Waals surface area contributed by atoms with E-state index >= 15 is 0 Å². The van der Waals surface area contributed by atoms with E-state index in [1.54, 1.807) is 0 Å².